The third kappa shape index (κ3) is 2.35. The Labute approximate surface area is 112 Å². The number of aryl methyl sites for hydroxylation is 4. The van der Waals surface area contributed by atoms with Crippen molar-refractivity contribution in [3.63, 3.8) is 0 Å². The molecule has 0 saturated heterocycles. The lowest BCUT2D eigenvalue weighted by Gasteiger charge is -2.08. The topological polar surface area (TPSA) is 43.8 Å². The molecule has 0 bridgehead atoms. The highest BCUT2D eigenvalue weighted by Gasteiger charge is 2.18. The van der Waals surface area contributed by atoms with Gasteiger partial charge in [0.2, 0.25) is 0 Å². The van der Waals surface area contributed by atoms with E-state index >= 15 is 0 Å². The van der Waals surface area contributed by atoms with Gasteiger partial charge >= 0.3 is 0 Å². The molecular weight excluding hydrogens is 242 g/mol. The average Bonchev–Trinajstić information content (AvgIpc) is 3.00. The molecule has 3 rings (SSSR count). The first-order valence-electron chi connectivity index (χ1n) is 6.57. The first-order chi connectivity index (χ1) is 8.72. The number of hydrogen-bond donors (Lipinski definition) is 1. The fourth-order valence-electron chi connectivity index (χ4n) is 2.60. The number of rotatable bonds is 4. The van der Waals surface area contributed by atoms with Crippen molar-refractivity contribution in [1.29, 1.82) is 0 Å². The van der Waals surface area contributed by atoms with Gasteiger partial charge < -0.3 is 5.73 Å². The molecule has 0 fully saturated rings. The highest BCUT2D eigenvalue weighted by Crippen LogP contribution is 2.34. The number of aromatic nitrogens is 2. The number of fused-ring (bicyclic) bond motifs is 1. The van der Waals surface area contributed by atoms with Gasteiger partial charge in [0, 0.05) is 29.0 Å². The van der Waals surface area contributed by atoms with E-state index in [2.05, 4.69) is 17.4 Å². The average molecular weight is 261 g/mol. The van der Waals surface area contributed by atoms with Crippen LogP contribution in [0.2, 0.25) is 0 Å². The number of nitrogens with zero attached hydrogens (tertiary/aromatic N) is 2. The molecule has 2 N–H and O–H groups in total. The molecule has 0 amide bonds. The van der Waals surface area contributed by atoms with Crippen LogP contribution in [-0.4, -0.2) is 9.78 Å². The van der Waals surface area contributed by atoms with E-state index in [1.165, 1.54) is 29.7 Å². The first kappa shape index (κ1) is 11.9. The van der Waals surface area contributed by atoms with Crippen LogP contribution in [0.25, 0.3) is 0 Å². The Morgan fingerprint density at radius 2 is 2.39 bits per heavy atom. The normalized spacial score (nSPS) is 15.9. The minimum Gasteiger partial charge on any atom is -0.323 e. The van der Waals surface area contributed by atoms with Crippen LogP contribution in [0.3, 0.4) is 0 Å². The zero-order valence-electron chi connectivity index (χ0n) is 10.7. The van der Waals surface area contributed by atoms with Gasteiger partial charge in [0.05, 0.1) is 6.20 Å². The Morgan fingerprint density at radius 3 is 3.11 bits per heavy atom. The highest BCUT2D eigenvalue weighted by atomic mass is 32.1. The van der Waals surface area contributed by atoms with Crippen molar-refractivity contribution in [2.24, 2.45) is 12.8 Å². The lowest BCUT2D eigenvalue weighted by molar-refractivity contribution is 0.660. The van der Waals surface area contributed by atoms with Crippen molar-refractivity contribution in [3.8, 4) is 0 Å². The maximum Gasteiger partial charge on any atom is 0.0521 e. The molecule has 0 aromatic carbocycles. The molecule has 2 aromatic heterocycles. The summed E-state index contributed by atoms with van der Waals surface area (Å²) in [7, 11) is 1.95. The second-order valence-electron chi connectivity index (χ2n) is 5.12. The summed E-state index contributed by atoms with van der Waals surface area (Å²) in [6, 6.07) is 2.52. The van der Waals surface area contributed by atoms with Crippen LogP contribution < -0.4 is 5.73 Å². The Kier molecular flexibility index (Phi) is 3.22. The fraction of sp³-hybridized carbons (Fsp3) is 0.500. The minimum atomic E-state index is 0.181. The van der Waals surface area contributed by atoms with Crippen molar-refractivity contribution in [3.05, 3.63) is 39.3 Å². The van der Waals surface area contributed by atoms with Gasteiger partial charge in [0.15, 0.2) is 0 Å². The molecule has 0 saturated carbocycles. The van der Waals surface area contributed by atoms with E-state index in [0.29, 0.717) is 0 Å². The molecule has 18 heavy (non-hydrogen) atoms. The number of thiophene rings is 1. The van der Waals surface area contributed by atoms with Crippen LogP contribution in [0.1, 0.15) is 39.8 Å². The van der Waals surface area contributed by atoms with Gasteiger partial charge in [0.25, 0.3) is 0 Å². The summed E-state index contributed by atoms with van der Waals surface area (Å²) in [6.45, 7) is 0. The van der Waals surface area contributed by atoms with Crippen LogP contribution in [0.15, 0.2) is 18.5 Å². The zero-order valence-corrected chi connectivity index (χ0v) is 11.5. The Balaban J connectivity index is 1.62. The van der Waals surface area contributed by atoms with Gasteiger partial charge in [-0.1, -0.05) is 0 Å². The van der Waals surface area contributed by atoms with Crippen LogP contribution in [0.4, 0.5) is 0 Å². The summed E-state index contributed by atoms with van der Waals surface area (Å²) in [5.74, 6) is 0. The molecular formula is C14H19N3S. The van der Waals surface area contributed by atoms with Gasteiger partial charge in [-0.3, -0.25) is 4.68 Å². The largest absolute Gasteiger partial charge is 0.323 e. The summed E-state index contributed by atoms with van der Waals surface area (Å²) in [5, 5.41) is 4.19. The van der Waals surface area contributed by atoms with E-state index in [-0.39, 0.29) is 6.04 Å². The van der Waals surface area contributed by atoms with Crippen LogP contribution >= 0.6 is 11.3 Å². The molecule has 2 heterocycles. The van der Waals surface area contributed by atoms with E-state index in [1.807, 2.05) is 29.3 Å². The van der Waals surface area contributed by atoms with Crippen molar-refractivity contribution < 1.29 is 0 Å². The molecule has 4 heteroatoms. The van der Waals surface area contributed by atoms with Crippen molar-refractivity contribution in [2.45, 2.75) is 38.1 Å². The molecule has 2 aromatic rings. The lowest BCUT2D eigenvalue weighted by Crippen LogP contribution is -2.09. The molecule has 1 aliphatic carbocycles. The van der Waals surface area contributed by atoms with Gasteiger partial charge in [0.1, 0.15) is 0 Å². The molecule has 0 spiro atoms. The molecule has 0 radical (unpaired) electrons. The summed E-state index contributed by atoms with van der Waals surface area (Å²) >= 11 is 1.92. The molecule has 0 aliphatic heterocycles. The zero-order chi connectivity index (χ0) is 12.5. The Hall–Kier alpha value is -1.13. The van der Waals surface area contributed by atoms with Crippen LogP contribution in [-0.2, 0) is 26.3 Å². The van der Waals surface area contributed by atoms with E-state index in [9.17, 15) is 0 Å². The predicted octanol–water partition coefficient (Wildman–Crippen LogP) is 2.60. The minimum absolute atomic E-state index is 0.181. The second-order valence-corrected chi connectivity index (χ2v) is 6.29. The van der Waals surface area contributed by atoms with Crippen molar-refractivity contribution in [2.75, 3.05) is 0 Å². The van der Waals surface area contributed by atoms with E-state index in [0.717, 1.165) is 12.8 Å². The maximum absolute atomic E-state index is 6.29. The summed E-state index contributed by atoms with van der Waals surface area (Å²) < 4.78 is 1.85. The Morgan fingerprint density at radius 1 is 1.50 bits per heavy atom. The highest BCUT2D eigenvalue weighted by molar-refractivity contribution is 7.12. The predicted molar refractivity (Wildman–Crippen MR) is 74.8 cm³/mol. The van der Waals surface area contributed by atoms with Crippen molar-refractivity contribution >= 4 is 11.3 Å². The van der Waals surface area contributed by atoms with Gasteiger partial charge in [-0.25, -0.2) is 0 Å². The lowest BCUT2D eigenvalue weighted by atomic mass is 10.1. The SMILES string of the molecule is Cn1cc(CCC(N)c2cc3c(s2)CCC3)cn1. The standard InChI is InChI=1S/C14H19N3S/c1-17-9-10(8-16-17)5-6-12(15)14-7-11-3-2-4-13(11)18-14/h7-9,12H,2-6,15H2,1H3. The van der Waals surface area contributed by atoms with Gasteiger partial charge in [-0.2, -0.15) is 5.10 Å². The number of hydrogen-bond acceptors (Lipinski definition) is 3. The number of nitrogens with two attached hydrogens (primary N) is 1. The molecule has 96 valence electrons. The molecule has 1 unspecified atom stereocenters. The third-order valence-electron chi connectivity index (χ3n) is 3.63. The summed E-state index contributed by atoms with van der Waals surface area (Å²) in [6.07, 6.45) is 9.85. The summed E-state index contributed by atoms with van der Waals surface area (Å²) in [5.41, 5.74) is 9.12. The molecule has 1 aliphatic rings. The molecule has 3 nitrogen and oxygen atoms in total. The third-order valence-corrected chi connectivity index (χ3v) is 5.00. The van der Waals surface area contributed by atoms with Gasteiger partial charge in [-0.15, -0.1) is 11.3 Å². The second kappa shape index (κ2) is 4.86. The van der Waals surface area contributed by atoms with E-state index in [1.54, 1.807) is 10.4 Å². The summed E-state index contributed by atoms with van der Waals surface area (Å²) in [4.78, 5) is 2.94. The fourth-order valence-corrected chi connectivity index (χ4v) is 3.89. The Bertz CT molecular complexity index is 519. The van der Waals surface area contributed by atoms with Crippen LogP contribution in [0, 0.1) is 0 Å². The first-order valence-corrected chi connectivity index (χ1v) is 7.38. The maximum atomic E-state index is 6.29. The van der Waals surface area contributed by atoms with Crippen molar-refractivity contribution in [1.82, 2.24) is 9.78 Å². The van der Waals surface area contributed by atoms with E-state index in [4.69, 9.17) is 5.73 Å². The smallest absolute Gasteiger partial charge is 0.0521 e. The monoisotopic (exact) mass is 261 g/mol. The quantitative estimate of drug-likeness (QED) is 0.919. The molecule has 1 atom stereocenters. The van der Waals surface area contributed by atoms with Crippen LogP contribution in [0.5, 0.6) is 0 Å². The van der Waals surface area contributed by atoms with Gasteiger partial charge in [-0.05, 0) is 49.3 Å². The van der Waals surface area contributed by atoms with E-state index < -0.39 is 0 Å².